The summed E-state index contributed by atoms with van der Waals surface area (Å²) < 4.78 is 4.89. The Morgan fingerprint density at radius 1 is 1.19 bits per heavy atom. The number of carbonyl (C=O) groups excluding carboxylic acids is 1. The largest absolute Gasteiger partial charge is 0.433 e. The molecule has 0 saturated heterocycles. The molecule has 4 rings (SSSR count). The van der Waals surface area contributed by atoms with Crippen molar-refractivity contribution in [1.82, 2.24) is 15.0 Å². The second-order valence-electron chi connectivity index (χ2n) is 5.38. The van der Waals surface area contributed by atoms with Gasteiger partial charge in [-0.1, -0.05) is 6.07 Å². The normalized spacial score (nSPS) is 10.8. The molecule has 1 aromatic carbocycles. The van der Waals surface area contributed by atoms with E-state index >= 15 is 0 Å². The first-order valence-corrected chi connectivity index (χ1v) is 7.57. The number of nitro groups is 1. The standard InChI is InChI=1S/C17H11N5O4/c23-17(14-6-7-15(26-14)22(24)25)19-10-4-5-11-13(9-10)21-16(20-11)12-3-1-2-8-18-12/h1-9H,(H,19,23)(H,20,21). The Morgan fingerprint density at radius 3 is 2.81 bits per heavy atom. The molecule has 0 spiro atoms. The molecule has 0 aliphatic carbocycles. The highest BCUT2D eigenvalue weighted by atomic mass is 16.6. The van der Waals surface area contributed by atoms with Crippen LogP contribution in [0.15, 0.2) is 59.1 Å². The number of hydrogen-bond donors (Lipinski definition) is 2. The number of imidazole rings is 1. The van der Waals surface area contributed by atoms with E-state index in [1.54, 1.807) is 24.4 Å². The lowest BCUT2D eigenvalue weighted by atomic mass is 10.2. The molecule has 26 heavy (non-hydrogen) atoms. The fraction of sp³-hybridized carbons (Fsp3) is 0. The maximum absolute atomic E-state index is 12.1. The van der Waals surface area contributed by atoms with Gasteiger partial charge in [0, 0.05) is 11.9 Å². The van der Waals surface area contributed by atoms with Crippen molar-refractivity contribution in [3.8, 4) is 11.5 Å². The highest BCUT2D eigenvalue weighted by molar-refractivity contribution is 6.03. The summed E-state index contributed by atoms with van der Waals surface area (Å²) in [5.74, 6) is -0.595. The number of fused-ring (bicyclic) bond motifs is 1. The minimum atomic E-state index is -0.702. The third-order valence-corrected chi connectivity index (χ3v) is 3.64. The fourth-order valence-electron chi connectivity index (χ4n) is 2.45. The molecule has 0 atom stereocenters. The number of rotatable bonds is 4. The molecule has 128 valence electrons. The van der Waals surface area contributed by atoms with Gasteiger partial charge in [-0.2, -0.15) is 0 Å². The van der Waals surface area contributed by atoms with E-state index in [2.05, 4.69) is 20.3 Å². The van der Waals surface area contributed by atoms with Crippen molar-refractivity contribution in [3.63, 3.8) is 0 Å². The minimum Gasteiger partial charge on any atom is -0.395 e. The van der Waals surface area contributed by atoms with Crippen molar-refractivity contribution in [2.45, 2.75) is 0 Å². The Labute approximate surface area is 145 Å². The van der Waals surface area contributed by atoms with Crippen LogP contribution in [-0.4, -0.2) is 25.8 Å². The van der Waals surface area contributed by atoms with E-state index in [9.17, 15) is 14.9 Å². The number of hydrogen-bond acceptors (Lipinski definition) is 6. The Hall–Kier alpha value is -4.01. The van der Waals surface area contributed by atoms with Crippen molar-refractivity contribution in [3.05, 3.63) is 70.6 Å². The Balaban J connectivity index is 1.59. The van der Waals surface area contributed by atoms with Gasteiger partial charge in [-0.3, -0.25) is 19.9 Å². The molecule has 0 fully saturated rings. The summed E-state index contributed by atoms with van der Waals surface area (Å²) in [5, 5.41) is 13.3. The van der Waals surface area contributed by atoms with Crippen LogP contribution in [0.25, 0.3) is 22.6 Å². The molecule has 9 heteroatoms. The summed E-state index contributed by atoms with van der Waals surface area (Å²) in [6, 6.07) is 13.0. The number of aromatic amines is 1. The first kappa shape index (κ1) is 15.5. The number of benzene rings is 1. The first-order valence-electron chi connectivity index (χ1n) is 7.57. The van der Waals surface area contributed by atoms with Gasteiger partial charge in [0.25, 0.3) is 5.91 Å². The number of furan rings is 1. The van der Waals surface area contributed by atoms with Gasteiger partial charge < -0.3 is 14.7 Å². The Kier molecular flexibility index (Phi) is 3.66. The summed E-state index contributed by atoms with van der Waals surface area (Å²) in [4.78, 5) is 33.9. The molecule has 3 aromatic heterocycles. The summed E-state index contributed by atoms with van der Waals surface area (Å²) in [5.41, 5.74) is 2.64. The van der Waals surface area contributed by atoms with Gasteiger partial charge in [0.15, 0.2) is 11.6 Å². The lowest BCUT2D eigenvalue weighted by molar-refractivity contribution is -0.402. The molecule has 3 heterocycles. The predicted molar refractivity (Wildman–Crippen MR) is 92.6 cm³/mol. The molecular formula is C17H11N5O4. The van der Waals surface area contributed by atoms with Crippen LogP contribution in [-0.2, 0) is 0 Å². The average Bonchev–Trinajstić information content (AvgIpc) is 3.29. The van der Waals surface area contributed by atoms with E-state index in [1.807, 2.05) is 18.2 Å². The van der Waals surface area contributed by atoms with E-state index in [0.717, 1.165) is 11.6 Å². The quantitative estimate of drug-likeness (QED) is 0.429. The van der Waals surface area contributed by atoms with Gasteiger partial charge in [-0.05, 0) is 36.4 Å². The van der Waals surface area contributed by atoms with E-state index < -0.39 is 16.7 Å². The van der Waals surface area contributed by atoms with Crippen LogP contribution in [0.2, 0.25) is 0 Å². The lowest BCUT2D eigenvalue weighted by Crippen LogP contribution is -2.10. The molecule has 0 radical (unpaired) electrons. The lowest BCUT2D eigenvalue weighted by Gasteiger charge is -2.02. The van der Waals surface area contributed by atoms with Crippen molar-refractivity contribution in [1.29, 1.82) is 0 Å². The number of nitrogens with one attached hydrogen (secondary N) is 2. The molecule has 0 bridgehead atoms. The monoisotopic (exact) mass is 349 g/mol. The summed E-state index contributed by atoms with van der Waals surface area (Å²) in [6.45, 7) is 0. The number of H-pyrrole nitrogens is 1. The molecule has 4 aromatic rings. The number of pyridine rings is 1. The van der Waals surface area contributed by atoms with E-state index in [-0.39, 0.29) is 5.76 Å². The third kappa shape index (κ3) is 2.88. The highest BCUT2D eigenvalue weighted by Gasteiger charge is 2.17. The van der Waals surface area contributed by atoms with Crippen molar-refractivity contribution in [2.75, 3.05) is 5.32 Å². The van der Waals surface area contributed by atoms with Crippen LogP contribution in [0.4, 0.5) is 11.6 Å². The minimum absolute atomic E-state index is 0.143. The van der Waals surface area contributed by atoms with Crippen LogP contribution < -0.4 is 5.32 Å². The fourth-order valence-corrected chi connectivity index (χ4v) is 2.45. The maximum Gasteiger partial charge on any atom is 0.433 e. The van der Waals surface area contributed by atoms with E-state index in [0.29, 0.717) is 22.7 Å². The summed E-state index contributed by atoms with van der Waals surface area (Å²) in [6.07, 6.45) is 1.68. The van der Waals surface area contributed by atoms with Gasteiger partial charge in [0.2, 0.25) is 0 Å². The number of amides is 1. The topological polar surface area (TPSA) is 127 Å². The smallest absolute Gasteiger partial charge is 0.395 e. The zero-order valence-corrected chi connectivity index (χ0v) is 13.2. The SMILES string of the molecule is O=C(Nc1ccc2nc(-c3ccccn3)[nH]c2c1)c1ccc([N+](=O)[O-])o1. The zero-order chi connectivity index (χ0) is 18.1. The molecular weight excluding hydrogens is 338 g/mol. The zero-order valence-electron chi connectivity index (χ0n) is 13.2. The number of anilines is 1. The second kappa shape index (κ2) is 6.13. The third-order valence-electron chi connectivity index (χ3n) is 3.64. The van der Waals surface area contributed by atoms with Crippen LogP contribution in [0.3, 0.4) is 0 Å². The average molecular weight is 349 g/mol. The highest BCUT2D eigenvalue weighted by Crippen LogP contribution is 2.23. The second-order valence-corrected chi connectivity index (χ2v) is 5.38. The Morgan fingerprint density at radius 2 is 2.08 bits per heavy atom. The molecule has 0 aliphatic rings. The van der Waals surface area contributed by atoms with Crippen molar-refractivity contribution >= 4 is 28.5 Å². The van der Waals surface area contributed by atoms with Gasteiger partial charge in [0.05, 0.1) is 17.1 Å². The van der Waals surface area contributed by atoms with Crippen molar-refractivity contribution < 1.29 is 14.1 Å². The molecule has 9 nitrogen and oxygen atoms in total. The van der Waals surface area contributed by atoms with Gasteiger partial charge in [-0.25, -0.2) is 4.98 Å². The number of aromatic nitrogens is 3. The van der Waals surface area contributed by atoms with Crippen LogP contribution >= 0.6 is 0 Å². The molecule has 0 aliphatic heterocycles. The van der Waals surface area contributed by atoms with Gasteiger partial charge >= 0.3 is 5.88 Å². The van der Waals surface area contributed by atoms with Crippen LogP contribution in [0.1, 0.15) is 10.6 Å². The van der Waals surface area contributed by atoms with Crippen LogP contribution in [0, 0.1) is 10.1 Å². The summed E-state index contributed by atoms with van der Waals surface area (Å²) in [7, 11) is 0. The molecule has 0 unspecified atom stereocenters. The van der Waals surface area contributed by atoms with Gasteiger partial charge in [-0.15, -0.1) is 0 Å². The van der Waals surface area contributed by atoms with Crippen LogP contribution in [0.5, 0.6) is 0 Å². The maximum atomic E-state index is 12.1. The molecule has 1 amide bonds. The number of nitrogens with zero attached hydrogens (tertiary/aromatic N) is 3. The van der Waals surface area contributed by atoms with E-state index in [4.69, 9.17) is 4.42 Å². The number of carbonyl (C=O) groups is 1. The van der Waals surface area contributed by atoms with Gasteiger partial charge in [0.1, 0.15) is 10.6 Å². The van der Waals surface area contributed by atoms with Crippen molar-refractivity contribution in [2.24, 2.45) is 0 Å². The Bertz CT molecular complexity index is 1120. The molecule has 0 saturated carbocycles. The summed E-state index contributed by atoms with van der Waals surface area (Å²) >= 11 is 0. The molecule has 2 N–H and O–H groups in total. The van der Waals surface area contributed by atoms with E-state index in [1.165, 1.54) is 6.07 Å². The first-order chi connectivity index (χ1) is 12.6. The predicted octanol–water partition coefficient (Wildman–Crippen LogP) is 3.38.